The molecule has 0 unspecified atom stereocenters. The van der Waals surface area contributed by atoms with Gasteiger partial charge >= 0.3 is 0 Å². The predicted molar refractivity (Wildman–Crippen MR) is 107 cm³/mol. The van der Waals surface area contributed by atoms with Crippen LogP contribution in [-0.2, 0) is 0 Å². The molecule has 3 heteroatoms. The van der Waals surface area contributed by atoms with E-state index in [0.29, 0.717) is 0 Å². The van der Waals surface area contributed by atoms with Gasteiger partial charge in [0.05, 0.1) is 27.7 Å². The van der Waals surface area contributed by atoms with Gasteiger partial charge in [0.2, 0.25) is 0 Å². The van der Waals surface area contributed by atoms with Crippen LogP contribution in [0.1, 0.15) is 110 Å². The highest BCUT2D eigenvalue weighted by molar-refractivity contribution is 4.49. The lowest BCUT2D eigenvalue weighted by Crippen LogP contribution is -3.00. The van der Waals surface area contributed by atoms with Gasteiger partial charge in [0, 0.05) is 0 Å². The van der Waals surface area contributed by atoms with Crippen LogP contribution in [0.3, 0.4) is 0 Å². The first-order chi connectivity index (χ1) is 10.6. The van der Waals surface area contributed by atoms with Crippen LogP contribution in [0, 0.1) is 0 Å². The normalized spacial score (nSPS) is 11.0. The van der Waals surface area contributed by atoms with Gasteiger partial charge in [-0.2, -0.15) is 0 Å². The van der Waals surface area contributed by atoms with E-state index < -0.39 is 0 Å². The molecule has 0 fully saturated rings. The molecule has 3 N–H and O–H groups in total. The van der Waals surface area contributed by atoms with Crippen molar-refractivity contribution < 1.29 is 16.9 Å². The van der Waals surface area contributed by atoms with Crippen molar-refractivity contribution in [1.29, 1.82) is 0 Å². The number of nitrogens with zero attached hydrogens (tertiary/aromatic N) is 1. The van der Waals surface area contributed by atoms with Gasteiger partial charge in [0.15, 0.2) is 0 Å². The molecule has 24 heavy (non-hydrogen) atoms. The van der Waals surface area contributed by atoms with Gasteiger partial charge in [-0.05, 0) is 12.8 Å². The summed E-state index contributed by atoms with van der Waals surface area (Å²) in [6.07, 6.45) is 23.4. The second kappa shape index (κ2) is 21.3. The predicted octanol–water partition coefficient (Wildman–Crippen LogP) is 4.12. The molecular formula is C21H49ClN2. The molecule has 0 rings (SSSR count). The number of hydrogen-bond acceptors (Lipinski definition) is 1. The van der Waals surface area contributed by atoms with E-state index in [1.54, 1.807) is 0 Å². The Bertz CT molecular complexity index is 214. The van der Waals surface area contributed by atoms with E-state index in [9.17, 15) is 0 Å². The van der Waals surface area contributed by atoms with E-state index in [-0.39, 0.29) is 18.6 Å². The average molecular weight is 365 g/mol. The highest BCUT2D eigenvalue weighted by Crippen LogP contribution is 2.13. The van der Waals surface area contributed by atoms with Crippen LogP contribution in [0.15, 0.2) is 0 Å². The zero-order valence-corrected chi connectivity index (χ0v) is 18.3. The van der Waals surface area contributed by atoms with E-state index >= 15 is 0 Å². The van der Waals surface area contributed by atoms with E-state index in [1.807, 2.05) is 0 Å². The molecule has 0 radical (unpaired) electrons. The number of quaternary nitrogens is 1. The van der Waals surface area contributed by atoms with E-state index in [1.165, 1.54) is 109 Å². The molecule has 0 aromatic heterocycles. The Morgan fingerprint density at radius 3 is 0.958 bits per heavy atom. The van der Waals surface area contributed by atoms with Crippen molar-refractivity contribution in [3.8, 4) is 0 Å². The lowest BCUT2D eigenvalue weighted by Gasteiger charge is -2.23. The maximum Gasteiger partial charge on any atom is 0.0780 e. The first-order valence-corrected chi connectivity index (χ1v) is 10.4. The highest BCUT2D eigenvalue weighted by Gasteiger charge is 2.04. The lowest BCUT2D eigenvalue weighted by molar-refractivity contribution is -0.870. The third-order valence-corrected chi connectivity index (χ3v) is 4.68. The maximum atomic E-state index is 2.30. The largest absolute Gasteiger partial charge is 1.00 e. The molecule has 0 heterocycles. The first-order valence-electron chi connectivity index (χ1n) is 10.4. The molecule has 150 valence electrons. The number of rotatable bonds is 17. The summed E-state index contributed by atoms with van der Waals surface area (Å²) >= 11 is 0. The smallest absolute Gasteiger partial charge is 0.0780 e. The first kappa shape index (κ1) is 29.0. The number of halogens is 1. The Morgan fingerprint density at radius 1 is 0.458 bits per heavy atom. The van der Waals surface area contributed by atoms with Gasteiger partial charge in [-0.25, -0.2) is 0 Å². The molecule has 0 saturated heterocycles. The van der Waals surface area contributed by atoms with Gasteiger partial charge in [-0.3, -0.25) is 0 Å². The summed E-state index contributed by atoms with van der Waals surface area (Å²) in [6.45, 7) is 3.63. The van der Waals surface area contributed by atoms with Crippen molar-refractivity contribution >= 4 is 0 Å². The molecule has 0 aromatic rings. The average Bonchev–Trinajstić information content (AvgIpc) is 2.45. The van der Waals surface area contributed by atoms with Crippen molar-refractivity contribution in [3.05, 3.63) is 0 Å². The summed E-state index contributed by atoms with van der Waals surface area (Å²) in [6, 6.07) is 0. The quantitative estimate of drug-likeness (QED) is 0.306. The Hall–Kier alpha value is 0.210. The molecule has 0 aromatic carbocycles. The summed E-state index contributed by atoms with van der Waals surface area (Å²) in [5.74, 6) is 0. The van der Waals surface area contributed by atoms with E-state index in [2.05, 4.69) is 28.1 Å². The summed E-state index contributed by atoms with van der Waals surface area (Å²) in [4.78, 5) is 0. The molecule has 2 nitrogen and oxygen atoms in total. The van der Waals surface area contributed by atoms with Gasteiger partial charge in [0.25, 0.3) is 0 Å². The molecule has 0 aliphatic carbocycles. The van der Waals surface area contributed by atoms with Gasteiger partial charge < -0.3 is 23.0 Å². The standard InChI is InChI=1S/C21H46N.ClH.H3N/c1-5-6-7-8-9-10-11-12-13-14-15-16-17-18-19-20-21-22(2,3)4;;/h5-21H2,1-4H3;1H;1H3/q+1;;/p-1. The second-order valence-corrected chi connectivity index (χ2v) is 8.32. The van der Waals surface area contributed by atoms with Crippen molar-refractivity contribution in [2.24, 2.45) is 0 Å². The van der Waals surface area contributed by atoms with Crippen LogP contribution >= 0.6 is 0 Å². The number of hydrogen-bond donors (Lipinski definition) is 1. The van der Waals surface area contributed by atoms with Crippen molar-refractivity contribution in [1.82, 2.24) is 6.15 Å². The Morgan fingerprint density at radius 2 is 0.708 bits per heavy atom. The molecule has 0 aliphatic heterocycles. The molecular weight excluding hydrogens is 316 g/mol. The minimum Gasteiger partial charge on any atom is -1.00 e. The fourth-order valence-corrected chi connectivity index (χ4v) is 3.13. The Balaban J connectivity index is -0.00000220. The van der Waals surface area contributed by atoms with Gasteiger partial charge in [-0.1, -0.05) is 96.8 Å². The topological polar surface area (TPSA) is 35.0 Å². The molecule has 0 spiro atoms. The van der Waals surface area contributed by atoms with Crippen molar-refractivity contribution in [2.45, 2.75) is 110 Å². The minimum atomic E-state index is 0. The number of unbranched alkanes of at least 4 members (excludes halogenated alkanes) is 15. The zero-order chi connectivity index (χ0) is 16.5. The van der Waals surface area contributed by atoms with Crippen LogP contribution in [0.5, 0.6) is 0 Å². The van der Waals surface area contributed by atoms with Crippen LogP contribution in [0.25, 0.3) is 0 Å². The highest BCUT2D eigenvalue weighted by atomic mass is 35.5. The minimum absolute atomic E-state index is 0. The van der Waals surface area contributed by atoms with Crippen molar-refractivity contribution in [3.63, 3.8) is 0 Å². The van der Waals surface area contributed by atoms with Crippen LogP contribution in [0.4, 0.5) is 0 Å². The summed E-state index contributed by atoms with van der Waals surface area (Å²) in [5, 5.41) is 0. The van der Waals surface area contributed by atoms with Crippen LogP contribution in [-0.4, -0.2) is 32.2 Å². The van der Waals surface area contributed by atoms with Crippen LogP contribution in [0.2, 0.25) is 0 Å². The lowest BCUT2D eigenvalue weighted by atomic mass is 10.0. The van der Waals surface area contributed by atoms with Gasteiger partial charge in [-0.15, -0.1) is 0 Å². The molecule has 0 bridgehead atoms. The third kappa shape index (κ3) is 27.1. The van der Waals surface area contributed by atoms with E-state index in [4.69, 9.17) is 0 Å². The monoisotopic (exact) mass is 364 g/mol. The molecule has 0 atom stereocenters. The van der Waals surface area contributed by atoms with Crippen LogP contribution < -0.4 is 18.6 Å². The SMILES string of the molecule is CCCCCCCCCCCCCCCCCC[N+](C)(C)C.N.[Cl-]. The fourth-order valence-electron chi connectivity index (χ4n) is 3.13. The maximum absolute atomic E-state index is 2.30. The summed E-state index contributed by atoms with van der Waals surface area (Å²) in [7, 11) is 6.89. The van der Waals surface area contributed by atoms with Gasteiger partial charge in [0.1, 0.15) is 0 Å². The zero-order valence-electron chi connectivity index (χ0n) is 17.6. The fraction of sp³-hybridized carbons (Fsp3) is 1.00. The second-order valence-electron chi connectivity index (χ2n) is 8.32. The summed E-state index contributed by atoms with van der Waals surface area (Å²) in [5.41, 5.74) is 0. The molecule has 0 saturated carbocycles. The molecule has 0 aliphatic rings. The third-order valence-electron chi connectivity index (χ3n) is 4.68. The summed E-state index contributed by atoms with van der Waals surface area (Å²) < 4.78 is 1.12. The van der Waals surface area contributed by atoms with Crippen molar-refractivity contribution in [2.75, 3.05) is 27.7 Å². The van der Waals surface area contributed by atoms with E-state index in [0.717, 1.165) is 4.48 Å². The Labute approximate surface area is 160 Å². The Kier molecular flexibility index (Phi) is 25.7. The molecule has 0 amide bonds.